The van der Waals surface area contributed by atoms with Crippen LogP contribution in [0.5, 0.6) is 17.2 Å². The number of anilines is 2. The summed E-state index contributed by atoms with van der Waals surface area (Å²) in [6, 6.07) is 12.3. The minimum atomic E-state index is -2.60. The molecule has 3 aromatic rings. The van der Waals surface area contributed by atoms with Gasteiger partial charge in [-0.05, 0) is 30.3 Å². The van der Waals surface area contributed by atoms with Crippen LogP contribution in [0.1, 0.15) is 4.11 Å². The Kier molecular flexibility index (Phi) is 4.59. The molecule has 136 valence electrons. The lowest BCUT2D eigenvalue weighted by Gasteiger charge is -2.15. The first-order valence-electron chi connectivity index (χ1n) is 9.54. The number of ether oxygens (including phenoxy) is 4. The number of benzene rings is 2. The van der Waals surface area contributed by atoms with Crippen molar-refractivity contribution in [2.75, 3.05) is 39.8 Å². The molecule has 0 radical (unpaired) electrons. The van der Waals surface area contributed by atoms with Gasteiger partial charge in [-0.25, -0.2) is 0 Å². The van der Waals surface area contributed by atoms with Crippen LogP contribution >= 0.6 is 0 Å². The summed E-state index contributed by atoms with van der Waals surface area (Å²) in [4.78, 5) is 4.36. The Morgan fingerprint density at radius 1 is 0.962 bits per heavy atom. The average molecular weight is 357 g/mol. The molecule has 0 saturated heterocycles. The van der Waals surface area contributed by atoms with E-state index in [9.17, 15) is 0 Å². The highest BCUT2D eigenvalue weighted by Gasteiger charge is 2.09. The number of nitrogens with zero attached hydrogens (tertiary/aromatic N) is 1. The lowest BCUT2D eigenvalue weighted by molar-refractivity contribution is 0.146. The van der Waals surface area contributed by atoms with E-state index in [1.807, 2.05) is 18.2 Å². The molecular weight excluding hydrogens is 332 g/mol. The maximum Gasteiger partial charge on any atom is 0.145 e. The molecule has 0 amide bonds. The number of hydrogen-bond donors (Lipinski definition) is 1. The fraction of sp³-hybridized carbons (Fsp3) is 0.250. The molecule has 0 atom stereocenters. The zero-order valence-electron chi connectivity index (χ0n) is 17.6. The highest BCUT2D eigenvalue weighted by molar-refractivity contribution is 5.94. The number of hydrogen-bond acceptors (Lipinski definition) is 6. The Morgan fingerprint density at radius 2 is 1.85 bits per heavy atom. The van der Waals surface area contributed by atoms with Crippen LogP contribution < -0.4 is 19.5 Å². The van der Waals surface area contributed by atoms with E-state index in [0.717, 1.165) is 16.6 Å². The second-order valence-electron chi connectivity index (χ2n) is 5.47. The number of aromatic nitrogens is 1. The smallest absolute Gasteiger partial charge is 0.145 e. The molecule has 26 heavy (non-hydrogen) atoms. The van der Waals surface area contributed by atoms with E-state index in [1.54, 1.807) is 38.6 Å². The Labute approximate surface area is 156 Å². The lowest BCUT2D eigenvalue weighted by atomic mass is 10.1. The van der Waals surface area contributed by atoms with Gasteiger partial charge in [0.1, 0.15) is 23.9 Å². The number of nitrogens with one attached hydrogen (secondary N) is 1. The van der Waals surface area contributed by atoms with Crippen molar-refractivity contribution in [3.63, 3.8) is 0 Å². The van der Waals surface area contributed by atoms with Crippen LogP contribution in [0.2, 0.25) is 0 Å². The normalized spacial score (nSPS) is 12.8. The van der Waals surface area contributed by atoms with Gasteiger partial charge in [0.25, 0.3) is 0 Å². The summed E-state index contributed by atoms with van der Waals surface area (Å²) < 4.78 is 43.3. The molecule has 0 spiro atoms. The summed E-state index contributed by atoms with van der Waals surface area (Å²) in [7, 11) is 0.571. The molecule has 0 unspecified atom stereocenters. The van der Waals surface area contributed by atoms with Crippen LogP contribution in [0.3, 0.4) is 0 Å². The van der Waals surface area contributed by atoms with E-state index < -0.39 is 7.04 Å². The van der Waals surface area contributed by atoms with Crippen LogP contribution in [0, 0.1) is 0 Å². The fourth-order valence-electron chi connectivity index (χ4n) is 2.53. The van der Waals surface area contributed by atoms with Gasteiger partial charge in [0.2, 0.25) is 0 Å². The first-order valence-corrected chi connectivity index (χ1v) is 8.04. The molecule has 1 aromatic heterocycles. The zero-order chi connectivity index (χ0) is 20.9. The van der Waals surface area contributed by atoms with Crippen molar-refractivity contribution >= 4 is 22.3 Å². The molecule has 6 nitrogen and oxygen atoms in total. The van der Waals surface area contributed by atoms with E-state index in [-0.39, 0.29) is 5.75 Å². The second-order valence-corrected chi connectivity index (χ2v) is 5.47. The third kappa shape index (κ3) is 3.97. The maximum atomic E-state index is 7.46. The predicted molar refractivity (Wildman–Crippen MR) is 102 cm³/mol. The predicted octanol–water partition coefficient (Wildman–Crippen LogP) is 4.02. The molecule has 0 aliphatic heterocycles. The first kappa shape index (κ1) is 14.2. The van der Waals surface area contributed by atoms with Gasteiger partial charge in [-0.15, -0.1) is 0 Å². The monoisotopic (exact) mass is 357 g/mol. The number of rotatable bonds is 8. The van der Waals surface area contributed by atoms with Crippen LogP contribution in [0.25, 0.3) is 10.9 Å². The van der Waals surface area contributed by atoms with Gasteiger partial charge in [0, 0.05) is 36.5 Å². The SMILES string of the molecule is [2H]C([2H])([2H])Oc1cc(OCCOC)ccc1Nc1ccnc2cc(OC)ccc12. The van der Waals surface area contributed by atoms with E-state index in [4.69, 9.17) is 23.1 Å². The third-order valence-corrected chi connectivity index (χ3v) is 3.84. The summed E-state index contributed by atoms with van der Waals surface area (Å²) in [5.74, 6) is 1.33. The molecule has 1 heterocycles. The Bertz CT molecular complexity index is 980. The van der Waals surface area contributed by atoms with Crippen molar-refractivity contribution in [1.82, 2.24) is 4.98 Å². The summed E-state index contributed by atoms with van der Waals surface area (Å²) in [6.45, 7) is 0.759. The van der Waals surface area contributed by atoms with Gasteiger partial charge in [0.05, 0.1) is 36.1 Å². The largest absolute Gasteiger partial charge is 0.497 e. The van der Waals surface area contributed by atoms with E-state index in [2.05, 4.69) is 10.3 Å². The first-order chi connectivity index (χ1) is 13.9. The zero-order valence-corrected chi connectivity index (χ0v) is 14.6. The van der Waals surface area contributed by atoms with Crippen molar-refractivity contribution < 1.29 is 23.1 Å². The molecule has 6 heteroatoms. The van der Waals surface area contributed by atoms with Crippen LogP contribution in [-0.4, -0.2) is 39.5 Å². The highest BCUT2D eigenvalue weighted by atomic mass is 16.5. The summed E-state index contributed by atoms with van der Waals surface area (Å²) >= 11 is 0. The van der Waals surface area contributed by atoms with Crippen molar-refractivity contribution in [3.8, 4) is 17.2 Å². The number of methoxy groups -OCH3 is 3. The van der Waals surface area contributed by atoms with Gasteiger partial charge >= 0.3 is 0 Å². The molecule has 0 bridgehead atoms. The second kappa shape index (κ2) is 8.40. The van der Waals surface area contributed by atoms with Gasteiger partial charge in [-0.1, -0.05) is 0 Å². The lowest BCUT2D eigenvalue weighted by Crippen LogP contribution is -2.04. The van der Waals surface area contributed by atoms with Gasteiger partial charge in [-0.2, -0.15) is 0 Å². The van der Waals surface area contributed by atoms with E-state index >= 15 is 0 Å². The molecule has 2 aromatic carbocycles. The van der Waals surface area contributed by atoms with Gasteiger partial charge in [-0.3, -0.25) is 4.98 Å². The minimum absolute atomic E-state index is 0.151. The third-order valence-electron chi connectivity index (χ3n) is 3.84. The molecule has 0 aliphatic rings. The Balaban J connectivity index is 1.94. The van der Waals surface area contributed by atoms with Crippen LogP contribution in [-0.2, 0) is 4.74 Å². The van der Waals surface area contributed by atoms with E-state index in [0.29, 0.717) is 30.4 Å². The standard InChI is InChI=1S/C20H22N2O4/c1-23-10-11-26-15-5-7-18(20(13-15)25-3)22-17-8-9-21-19-12-14(24-2)4-6-16(17)19/h4-9,12-13H,10-11H2,1-3H3,(H,21,22)/i3D3. The molecular formula is C20H22N2O4. The Hall–Kier alpha value is -2.99. The average Bonchev–Trinajstić information content (AvgIpc) is 2.68. The van der Waals surface area contributed by atoms with Crippen molar-refractivity contribution in [2.24, 2.45) is 0 Å². The minimum Gasteiger partial charge on any atom is -0.497 e. The van der Waals surface area contributed by atoms with Crippen LogP contribution in [0.15, 0.2) is 48.7 Å². The number of fused-ring (bicyclic) bond motifs is 1. The highest BCUT2D eigenvalue weighted by Crippen LogP contribution is 2.34. The van der Waals surface area contributed by atoms with Gasteiger partial charge < -0.3 is 24.3 Å². The van der Waals surface area contributed by atoms with E-state index in [1.165, 1.54) is 6.07 Å². The fourth-order valence-corrected chi connectivity index (χ4v) is 2.53. The molecule has 0 aliphatic carbocycles. The molecule has 0 saturated carbocycles. The van der Waals surface area contributed by atoms with Gasteiger partial charge in [0.15, 0.2) is 0 Å². The molecule has 0 fully saturated rings. The summed E-state index contributed by atoms with van der Waals surface area (Å²) in [5, 5.41) is 4.09. The number of pyridine rings is 1. The van der Waals surface area contributed by atoms with Crippen molar-refractivity contribution in [3.05, 3.63) is 48.7 Å². The maximum absolute atomic E-state index is 7.46. The quantitative estimate of drug-likeness (QED) is 0.615. The molecule has 1 N–H and O–H groups in total. The van der Waals surface area contributed by atoms with Crippen molar-refractivity contribution in [1.29, 1.82) is 0 Å². The Morgan fingerprint density at radius 3 is 2.65 bits per heavy atom. The summed E-state index contributed by atoms with van der Waals surface area (Å²) in [5.41, 5.74) is 1.98. The topological polar surface area (TPSA) is 61.8 Å². The van der Waals surface area contributed by atoms with Crippen LogP contribution in [0.4, 0.5) is 11.4 Å². The summed E-state index contributed by atoms with van der Waals surface area (Å²) in [6.07, 6.45) is 1.66. The molecule has 3 rings (SSSR count). The van der Waals surface area contributed by atoms with Crippen molar-refractivity contribution in [2.45, 2.75) is 0 Å².